The number of rotatable bonds is 12. The number of amides is 2. The van der Waals surface area contributed by atoms with Crippen molar-refractivity contribution in [2.75, 3.05) is 24.2 Å². The molecule has 1 fully saturated rings. The van der Waals surface area contributed by atoms with E-state index in [1.54, 1.807) is 49.4 Å². The van der Waals surface area contributed by atoms with E-state index in [1.807, 2.05) is 0 Å². The van der Waals surface area contributed by atoms with Crippen LogP contribution in [0.15, 0.2) is 42.5 Å². The maximum Gasteiger partial charge on any atom is 0.242 e. The van der Waals surface area contributed by atoms with Gasteiger partial charge in [-0.2, -0.15) is 0 Å². The molecule has 0 heterocycles. The molecule has 208 valence electrons. The molecular formula is C27H35Cl2N3O5S. The van der Waals surface area contributed by atoms with Crippen molar-refractivity contribution in [1.82, 2.24) is 10.2 Å². The highest BCUT2D eigenvalue weighted by atomic mass is 35.5. The van der Waals surface area contributed by atoms with Gasteiger partial charge in [0.1, 0.15) is 11.8 Å². The number of ether oxygens (including phenoxy) is 1. The maximum absolute atomic E-state index is 13.4. The van der Waals surface area contributed by atoms with Gasteiger partial charge in [-0.15, -0.1) is 0 Å². The van der Waals surface area contributed by atoms with E-state index in [2.05, 4.69) is 5.32 Å². The molecule has 1 atom stereocenters. The molecule has 1 aliphatic carbocycles. The van der Waals surface area contributed by atoms with Gasteiger partial charge < -0.3 is 15.0 Å². The summed E-state index contributed by atoms with van der Waals surface area (Å²) >= 11 is 12.2. The highest BCUT2D eigenvalue weighted by Gasteiger charge is 2.29. The number of halogens is 2. The quantitative estimate of drug-likeness (QED) is 0.378. The summed E-state index contributed by atoms with van der Waals surface area (Å²) in [6.07, 6.45) is 5.49. The predicted molar refractivity (Wildman–Crippen MR) is 151 cm³/mol. The minimum atomic E-state index is -3.58. The van der Waals surface area contributed by atoms with E-state index in [9.17, 15) is 18.0 Å². The van der Waals surface area contributed by atoms with Gasteiger partial charge in [0.05, 0.1) is 29.1 Å². The molecule has 1 aliphatic rings. The third kappa shape index (κ3) is 8.25. The van der Waals surface area contributed by atoms with Gasteiger partial charge >= 0.3 is 0 Å². The Morgan fingerprint density at radius 2 is 1.74 bits per heavy atom. The van der Waals surface area contributed by atoms with Crippen LogP contribution in [0.1, 0.15) is 51.0 Å². The van der Waals surface area contributed by atoms with Crippen LogP contribution >= 0.6 is 23.2 Å². The summed E-state index contributed by atoms with van der Waals surface area (Å²) in [7, 11) is -2.04. The van der Waals surface area contributed by atoms with Crippen LogP contribution in [0.5, 0.6) is 5.75 Å². The number of nitrogens with one attached hydrogen (secondary N) is 1. The molecule has 2 aromatic carbocycles. The second-order valence-electron chi connectivity index (χ2n) is 9.57. The fourth-order valence-corrected chi connectivity index (χ4v) is 5.85. The van der Waals surface area contributed by atoms with E-state index in [0.717, 1.165) is 37.5 Å². The Balaban J connectivity index is 1.73. The minimum Gasteiger partial charge on any atom is -0.497 e. The number of anilines is 1. The van der Waals surface area contributed by atoms with Crippen molar-refractivity contribution < 1.29 is 22.7 Å². The second-order valence-corrected chi connectivity index (χ2v) is 12.3. The number of carbonyl (C=O) groups is 2. The van der Waals surface area contributed by atoms with Crippen LogP contribution in [-0.2, 0) is 26.2 Å². The van der Waals surface area contributed by atoms with Gasteiger partial charge in [0.2, 0.25) is 21.8 Å². The van der Waals surface area contributed by atoms with E-state index in [4.69, 9.17) is 27.9 Å². The molecule has 38 heavy (non-hydrogen) atoms. The van der Waals surface area contributed by atoms with Gasteiger partial charge in [-0.3, -0.25) is 13.9 Å². The topological polar surface area (TPSA) is 96.0 Å². The number of carbonyl (C=O) groups excluding carboxylic acids is 2. The smallest absolute Gasteiger partial charge is 0.242 e. The molecule has 0 unspecified atom stereocenters. The van der Waals surface area contributed by atoms with Crippen LogP contribution in [0.25, 0.3) is 0 Å². The Morgan fingerprint density at radius 3 is 2.32 bits per heavy atom. The molecule has 0 aliphatic heterocycles. The minimum absolute atomic E-state index is 0.0601. The average molecular weight is 585 g/mol. The fourth-order valence-electron chi connectivity index (χ4n) is 4.56. The van der Waals surface area contributed by atoms with Crippen molar-refractivity contribution in [3.63, 3.8) is 0 Å². The van der Waals surface area contributed by atoms with Gasteiger partial charge in [-0.25, -0.2) is 8.42 Å². The zero-order chi connectivity index (χ0) is 27.9. The molecule has 1 N–H and O–H groups in total. The number of hydrogen-bond donors (Lipinski definition) is 1. The largest absolute Gasteiger partial charge is 0.497 e. The third-order valence-corrected chi connectivity index (χ3v) is 8.65. The summed E-state index contributed by atoms with van der Waals surface area (Å²) in [5.41, 5.74) is 1.22. The Hall–Kier alpha value is -2.49. The molecule has 3 rings (SSSR count). The number of benzene rings is 2. The van der Waals surface area contributed by atoms with Crippen molar-refractivity contribution in [3.8, 4) is 5.75 Å². The van der Waals surface area contributed by atoms with Crippen LogP contribution in [0, 0.1) is 0 Å². The summed E-state index contributed by atoms with van der Waals surface area (Å²) in [6, 6.07) is 11.2. The first-order valence-electron chi connectivity index (χ1n) is 12.6. The molecule has 8 nitrogen and oxygen atoms in total. The lowest BCUT2D eigenvalue weighted by Crippen LogP contribution is -2.49. The Bertz CT molecular complexity index is 1220. The summed E-state index contributed by atoms with van der Waals surface area (Å²) in [4.78, 5) is 28.0. The lowest BCUT2D eigenvalue weighted by Gasteiger charge is -2.30. The molecule has 0 saturated heterocycles. The first-order valence-corrected chi connectivity index (χ1v) is 15.3. The lowest BCUT2D eigenvalue weighted by atomic mass is 10.1. The maximum atomic E-state index is 13.4. The molecule has 0 radical (unpaired) electrons. The van der Waals surface area contributed by atoms with Crippen LogP contribution in [0.2, 0.25) is 10.0 Å². The van der Waals surface area contributed by atoms with E-state index >= 15 is 0 Å². The average Bonchev–Trinajstić information content (AvgIpc) is 3.39. The molecule has 0 spiro atoms. The van der Waals surface area contributed by atoms with E-state index in [1.165, 1.54) is 16.3 Å². The van der Waals surface area contributed by atoms with E-state index in [-0.39, 0.29) is 43.8 Å². The highest BCUT2D eigenvalue weighted by Crippen LogP contribution is 2.25. The van der Waals surface area contributed by atoms with Gasteiger partial charge in [-0.1, -0.05) is 42.1 Å². The standard InChI is InChI=1S/C27H35Cl2N3O5S/c1-19(27(34)30-21-7-4-5-8-21)31(18-20-10-15-24(28)25(29)17-20)26(33)9-6-16-32(38(3,35)36)22-11-13-23(37-2)14-12-22/h10-15,17,19,21H,4-9,16,18H2,1-3H3,(H,30,34)/t19-/m0/s1. The third-order valence-electron chi connectivity index (χ3n) is 6.72. The summed E-state index contributed by atoms with van der Waals surface area (Å²) in [5.74, 6) is 0.148. The Kier molecular flexibility index (Phi) is 10.7. The lowest BCUT2D eigenvalue weighted by molar-refractivity contribution is -0.141. The Morgan fingerprint density at radius 1 is 1.08 bits per heavy atom. The first-order chi connectivity index (χ1) is 18.0. The van der Waals surface area contributed by atoms with Crippen LogP contribution < -0.4 is 14.4 Å². The van der Waals surface area contributed by atoms with Crippen LogP contribution in [0.4, 0.5) is 5.69 Å². The molecule has 2 amide bonds. The fraction of sp³-hybridized carbons (Fsp3) is 0.481. The number of sulfonamides is 1. The molecule has 1 saturated carbocycles. The number of methoxy groups -OCH3 is 1. The summed E-state index contributed by atoms with van der Waals surface area (Å²) in [6.45, 7) is 1.99. The van der Waals surface area contributed by atoms with Crippen molar-refractivity contribution in [2.24, 2.45) is 0 Å². The SMILES string of the molecule is COc1ccc(N(CCCC(=O)N(Cc2ccc(Cl)c(Cl)c2)[C@@H](C)C(=O)NC2CCCC2)S(C)(=O)=O)cc1. The summed E-state index contributed by atoms with van der Waals surface area (Å²) in [5, 5.41) is 3.83. The zero-order valence-electron chi connectivity index (χ0n) is 22.0. The summed E-state index contributed by atoms with van der Waals surface area (Å²) < 4.78 is 31.4. The number of hydrogen-bond acceptors (Lipinski definition) is 5. The van der Waals surface area contributed by atoms with Crippen molar-refractivity contribution in [2.45, 2.75) is 64.1 Å². The van der Waals surface area contributed by atoms with Crippen molar-refractivity contribution in [1.29, 1.82) is 0 Å². The molecular weight excluding hydrogens is 549 g/mol. The van der Waals surface area contributed by atoms with E-state index in [0.29, 0.717) is 21.5 Å². The van der Waals surface area contributed by atoms with Gasteiger partial charge in [-0.05, 0) is 68.1 Å². The van der Waals surface area contributed by atoms with Crippen molar-refractivity contribution >= 4 is 50.7 Å². The van der Waals surface area contributed by atoms with Gasteiger partial charge in [0.25, 0.3) is 0 Å². The monoisotopic (exact) mass is 583 g/mol. The predicted octanol–water partition coefficient (Wildman–Crippen LogP) is 5.02. The molecule has 11 heteroatoms. The molecule has 2 aromatic rings. The zero-order valence-corrected chi connectivity index (χ0v) is 24.3. The van der Waals surface area contributed by atoms with Crippen LogP contribution in [0.3, 0.4) is 0 Å². The second kappa shape index (κ2) is 13.5. The normalized spacial score (nSPS) is 14.7. The molecule has 0 aromatic heterocycles. The van der Waals surface area contributed by atoms with Gasteiger partial charge in [0.15, 0.2) is 0 Å². The number of nitrogens with zero attached hydrogens (tertiary/aromatic N) is 2. The van der Waals surface area contributed by atoms with Gasteiger partial charge in [0, 0.05) is 25.6 Å². The van der Waals surface area contributed by atoms with E-state index < -0.39 is 16.1 Å². The van der Waals surface area contributed by atoms with Crippen molar-refractivity contribution in [3.05, 3.63) is 58.1 Å². The first kappa shape index (κ1) is 30.1. The Labute approximate surface area is 235 Å². The molecule has 0 bridgehead atoms. The highest BCUT2D eigenvalue weighted by molar-refractivity contribution is 7.92. The van der Waals surface area contributed by atoms with Crippen LogP contribution in [-0.4, -0.2) is 57.1 Å².